The first-order valence-corrected chi connectivity index (χ1v) is 10.1. The quantitative estimate of drug-likeness (QED) is 0.744. The number of aromatic nitrogens is 3. The molecular formula is C19H25N5O2S. The predicted molar refractivity (Wildman–Crippen MR) is 105 cm³/mol. The molecule has 0 bridgehead atoms. The van der Waals surface area contributed by atoms with Crippen LogP contribution >= 0.6 is 11.8 Å². The Morgan fingerprint density at radius 1 is 1.22 bits per heavy atom. The Hall–Kier alpha value is -2.35. The van der Waals surface area contributed by atoms with Gasteiger partial charge < -0.3 is 9.88 Å². The fourth-order valence-corrected chi connectivity index (χ4v) is 3.93. The molecule has 0 saturated heterocycles. The minimum absolute atomic E-state index is 0.181. The lowest BCUT2D eigenvalue weighted by Crippen LogP contribution is -2.45. The van der Waals surface area contributed by atoms with Crippen LogP contribution in [0.25, 0.3) is 0 Å². The van der Waals surface area contributed by atoms with E-state index < -0.39 is 11.3 Å². The van der Waals surface area contributed by atoms with Crippen molar-refractivity contribution in [3.8, 4) is 0 Å². The third-order valence-corrected chi connectivity index (χ3v) is 5.84. The normalized spacial score (nSPS) is 15.5. The van der Waals surface area contributed by atoms with Crippen molar-refractivity contribution in [3.63, 3.8) is 0 Å². The maximum absolute atomic E-state index is 12.3. The Kier molecular flexibility index (Phi) is 6.49. The summed E-state index contributed by atoms with van der Waals surface area (Å²) in [6.07, 6.45) is 4.89. The number of nitrogens with zero attached hydrogens (tertiary/aromatic N) is 3. The molecule has 0 radical (unpaired) electrons. The lowest BCUT2D eigenvalue weighted by molar-refractivity contribution is -0.119. The van der Waals surface area contributed by atoms with E-state index in [0.717, 1.165) is 37.1 Å². The van der Waals surface area contributed by atoms with E-state index in [4.69, 9.17) is 0 Å². The molecule has 1 aliphatic carbocycles. The van der Waals surface area contributed by atoms with E-state index in [9.17, 15) is 9.59 Å². The van der Waals surface area contributed by atoms with Gasteiger partial charge in [-0.3, -0.25) is 10.1 Å². The van der Waals surface area contributed by atoms with Crippen LogP contribution in [0.4, 0.5) is 4.79 Å². The van der Waals surface area contributed by atoms with Gasteiger partial charge in [0.1, 0.15) is 5.82 Å². The highest BCUT2D eigenvalue weighted by atomic mass is 32.2. The molecule has 1 saturated carbocycles. The summed E-state index contributed by atoms with van der Waals surface area (Å²) in [6, 6.07) is 9.81. The summed E-state index contributed by atoms with van der Waals surface area (Å²) in [5, 5.41) is 13.9. The molecule has 144 valence electrons. The Bertz CT molecular complexity index is 787. The molecule has 0 spiro atoms. The van der Waals surface area contributed by atoms with Gasteiger partial charge >= 0.3 is 6.03 Å². The van der Waals surface area contributed by atoms with Crippen LogP contribution in [0.15, 0.2) is 35.5 Å². The zero-order valence-corrected chi connectivity index (χ0v) is 16.5. The summed E-state index contributed by atoms with van der Waals surface area (Å²) >= 11 is 1.29. The number of hydrogen-bond donors (Lipinski definition) is 2. The molecule has 1 heterocycles. The van der Waals surface area contributed by atoms with E-state index in [1.165, 1.54) is 11.8 Å². The maximum Gasteiger partial charge on any atom is 0.321 e. The number of carbonyl (C=O) groups is 2. The summed E-state index contributed by atoms with van der Waals surface area (Å²) in [5.41, 5.74) is 1.15. The number of imide groups is 1. The van der Waals surface area contributed by atoms with Crippen molar-refractivity contribution in [2.24, 2.45) is 7.05 Å². The summed E-state index contributed by atoms with van der Waals surface area (Å²) in [5.74, 6) is 0.499. The number of hydrogen-bond acceptors (Lipinski definition) is 5. The lowest BCUT2D eigenvalue weighted by Gasteiger charge is -2.14. The monoisotopic (exact) mass is 387 g/mol. The molecule has 8 heteroatoms. The van der Waals surface area contributed by atoms with Gasteiger partial charge in [0, 0.05) is 19.5 Å². The Labute approximate surface area is 163 Å². The number of urea groups is 1. The predicted octanol–water partition coefficient (Wildman–Crippen LogP) is 2.65. The number of benzene rings is 1. The molecule has 2 aromatic rings. The summed E-state index contributed by atoms with van der Waals surface area (Å²) < 4.78 is 1.89. The van der Waals surface area contributed by atoms with Crippen LogP contribution in [0.1, 0.15) is 44.0 Å². The van der Waals surface area contributed by atoms with Crippen molar-refractivity contribution < 1.29 is 9.59 Å². The van der Waals surface area contributed by atoms with Gasteiger partial charge in [0.15, 0.2) is 5.16 Å². The number of carbonyl (C=O) groups excluding carboxylic acids is 2. The average Bonchev–Trinajstić information content (AvgIpc) is 3.27. The van der Waals surface area contributed by atoms with E-state index in [1.807, 2.05) is 41.9 Å². The van der Waals surface area contributed by atoms with Crippen LogP contribution in [0, 0.1) is 0 Å². The van der Waals surface area contributed by atoms with Crippen LogP contribution < -0.4 is 10.6 Å². The number of thioether (sulfide) groups is 1. The molecule has 0 unspecified atom stereocenters. The summed E-state index contributed by atoms with van der Waals surface area (Å²) in [6.45, 7) is 1.76. The van der Waals surface area contributed by atoms with E-state index in [2.05, 4.69) is 20.8 Å². The highest BCUT2D eigenvalue weighted by molar-refractivity contribution is 8.00. The Morgan fingerprint density at radius 3 is 2.63 bits per heavy atom. The first kappa shape index (κ1) is 19.4. The second-order valence-corrected chi connectivity index (χ2v) is 8.13. The Morgan fingerprint density at radius 2 is 1.93 bits per heavy atom. The summed E-state index contributed by atoms with van der Waals surface area (Å²) in [4.78, 5) is 24.2. The van der Waals surface area contributed by atoms with Gasteiger partial charge in [-0.15, -0.1) is 10.2 Å². The Balaban J connectivity index is 1.53. The third-order valence-electron chi connectivity index (χ3n) is 4.71. The molecular weight excluding hydrogens is 362 g/mol. The van der Waals surface area contributed by atoms with Crippen molar-refractivity contribution in [3.05, 3.63) is 41.7 Å². The van der Waals surface area contributed by atoms with Crippen LogP contribution in [0.3, 0.4) is 0 Å². The van der Waals surface area contributed by atoms with Crippen molar-refractivity contribution in [1.82, 2.24) is 25.4 Å². The van der Waals surface area contributed by atoms with Crippen molar-refractivity contribution >= 4 is 23.7 Å². The van der Waals surface area contributed by atoms with Crippen LogP contribution in [0.2, 0.25) is 0 Å². The smallest absolute Gasteiger partial charge is 0.321 e. The van der Waals surface area contributed by atoms with Crippen LogP contribution in [-0.2, 0) is 18.3 Å². The van der Waals surface area contributed by atoms with Gasteiger partial charge in [-0.25, -0.2) is 4.79 Å². The zero-order chi connectivity index (χ0) is 19.2. The summed E-state index contributed by atoms with van der Waals surface area (Å²) in [7, 11) is 1.89. The van der Waals surface area contributed by atoms with E-state index >= 15 is 0 Å². The molecule has 2 N–H and O–H groups in total. The minimum atomic E-state index is -0.452. The molecule has 3 amide bonds. The zero-order valence-electron chi connectivity index (χ0n) is 15.6. The molecule has 27 heavy (non-hydrogen) atoms. The van der Waals surface area contributed by atoms with Crippen molar-refractivity contribution in [1.29, 1.82) is 0 Å². The topological polar surface area (TPSA) is 88.9 Å². The largest absolute Gasteiger partial charge is 0.335 e. The first-order chi connectivity index (χ1) is 13.0. The molecule has 1 aromatic heterocycles. The van der Waals surface area contributed by atoms with E-state index in [1.54, 1.807) is 6.92 Å². The number of amides is 3. The minimum Gasteiger partial charge on any atom is -0.335 e. The molecule has 3 rings (SSSR count). The number of rotatable bonds is 6. The standard InChI is InChI=1S/C19H25N5O2S/c1-13(17(25)21-18(26)20-15-10-6-7-11-15)27-19-23-22-16(24(19)2)12-14-8-4-3-5-9-14/h3-5,8-9,13,15H,6-7,10-12H2,1-2H3,(H2,20,21,25,26)/t13-/m0/s1. The third kappa shape index (κ3) is 5.32. The molecule has 1 aromatic carbocycles. The maximum atomic E-state index is 12.3. The molecule has 1 fully saturated rings. The highest BCUT2D eigenvalue weighted by Gasteiger charge is 2.22. The van der Waals surface area contributed by atoms with Crippen molar-refractivity contribution in [2.75, 3.05) is 0 Å². The molecule has 1 aliphatic rings. The molecule has 1 atom stereocenters. The SMILES string of the molecule is C[C@H](Sc1nnc(Cc2ccccc2)n1C)C(=O)NC(=O)NC1CCCC1. The fraction of sp³-hybridized carbons (Fsp3) is 0.474. The second-order valence-electron chi connectivity index (χ2n) is 6.82. The second kappa shape index (κ2) is 9.03. The van der Waals surface area contributed by atoms with Gasteiger partial charge in [0.05, 0.1) is 5.25 Å². The van der Waals surface area contributed by atoms with E-state index in [0.29, 0.717) is 11.6 Å². The van der Waals surface area contributed by atoms with Gasteiger partial charge in [-0.1, -0.05) is 54.9 Å². The van der Waals surface area contributed by atoms with Crippen LogP contribution in [0.5, 0.6) is 0 Å². The van der Waals surface area contributed by atoms with Gasteiger partial charge in [0.25, 0.3) is 0 Å². The lowest BCUT2D eigenvalue weighted by atomic mass is 10.1. The number of nitrogens with one attached hydrogen (secondary N) is 2. The van der Waals surface area contributed by atoms with Crippen LogP contribution in [-0.4, -0.2) is 38.0 Å². The molecule has 7 nitrogen and oxygen atoms in total. The van der Waals surface area contributed by atoms with Gasteiger partial charge in [0.2, 0.25) is 5.91 Å². The highest BCUT2D eigenvalue weighted by Crippen LogP contribution is 2.22. The first-order valence-electron chi connectivity index (χ1n) is 9.23. The van der Waals surface area contributed by atoms with E-state index in [-0.39, 0.29) is 11.9 Å². The molecule has 0 aliphatic heterocycles. The fourth-order valence-electron chi connectivity index (χ4n) is 3.10. The van der Waals surface area contributed by atoms with Gasteiger partial charge in [-0.05, 0) is 25.3 Å². The van der Waals surface area contributed by atoms with Crippen molar-refractivity contribution in [2.45, 2.75) is 55.5 Å². The average molecular weight is 388 g/mol. The van der Waals surface area contributed by atoms with Gasteiger partial charge in [-0.2, -0.15) is 0 Å².